The van der Waals surface area contributed by atoms with Crippen LogP contribution in [0.4, 0.5) is 10.1 Å². The summed E-state index contributed by atoms with van der Waals surface area (Å²) in [6.45, 7) is 2.22. The Bertz CT molecular complexity index is 1280. The molecule has 1 atom stereocenters. The van der Waals surface area contributed by atoms with Gasteiger partial charge in [0.2, 0.25) is 0 Å². The third-order valence-corrected chi connectivity index (χ3v) is 7.42. The number of rotatable bonds is 9. The first-order valence-corrected chi connectivity index (χ1v) is 12.9. The highest BCUT2D eigenvalue weighted by Gasteiger charge is 2.26. The smallest absolute Gasteiger partial charge is 0.261 e. The molecular weight excluding hydrogens is 469 g/mol. The topological polar surface area (TPSA) is 87.7 Å². The van der Waals surface area contributed by atoms with Gasteiger partial charge >= 0.3 is 0 Å². The molecule has 2 N–H and O–H groups in total. The molecule has 9 heteroatoms. The zero-order valence-electron chi connectivity index (χ0n) is 19.4. The first kappa shape index (κ1) is 24.7. The number of carbonyl (C=O) groups is 1. The van der Waals surface area contributed by atoms with Crippen LogP contribution in [0.25, 0.3) is 0 Å². The number of methoxy groups -OCH3 is 1. The molecule has 7 nitrogen and oxygen atoms in total. The van der Waals surface area contributed by atoms with Crippen LogP contribution < -0.4 is 14.8 Å². The van der Waals surface area contributed by atoms with Gasteiger partial charge in [-0.25, -0.2) is 12.8 Å². The van der Waals surface area contributed by atoms with Gasteiger partial charge < -0.3 is 10.1 Å². The summed E-state index contributed by atoms with van der Waals surface area (Å²) < 4.78 is 46.7. The van der Waals surface area contributed by atoms with Crippen LogP contribution in [0.3, 0.4) is 0 Å². The Hall–Kier alpha value is -3.43. The van der Waals surface area contributed by atoms with Crippen LogP contribution in [0.2, 0.25) is 0 Å². The number of amides is 1. The normalized spacial score (nSPS) is 14.9. The van der Waals surface area contributed by atoms with Crippen molar-refractivity contribution in [2.45, 2.75) is 23.8 Å². The highest BCUT2D eigenvalue weighted by molar-refractivity contribution is 7.92. The Balaban J connectivity index is 1.50. The van der Waals surface area contributed by atoms with E-state index in [-0.39, 0.29) is 28.1 Å². The van der Waals surface area contributed by atoms with Crippen LogP contribution in [0.5, 0.6) is 5.75 Å². The summed E-state index contributed by atoms with van der Waals surface area (Å²) in [5, 5.41) is 2.97. The fourth-order valence-electron chi connectivity index (χ4n) is 4.26. The van der Waals surface area contributed by atoms with Gasteiger partial charge in [0.1, 0.15) is 11.6 Å². The number of benzene rings is 3. The predicted molar refractivity (Wildman–Crippen MR) is 133 cm³/mol. The van der Waals surface area contributed by atoms with Gasteiger partial charge in [-0.05, 0) is 74.5 Å². The Kier molecular flexibility index (Phi) is 7.67. The molecule has 1 amide bonds. The predicted octanol–water partition coefficient (Wildman–Crippen LogP) is 4.20. The van der Waals surface area contributed by atoms with Crippen LogP contribution in [0.1, 0.15) is 34.8 Å². The van der Waals surface area contributed by atoms with Crippen molar-refractivity contribution in [2.24, 2.45) is 0 Å². The molecule has 35 heavy (non-hydrogen) atoms. The molecule has 4 rings (SSSR count). The van der Waals surface area contributed by atoms with E-state index < -0.39 is 15.8 Å². The van der Waals surface area contributed by atoms with Gasteiger partial charge in [0.25, 0.3) is 15.9 Å². The summed E-state index contributed by atoms with van der Waals surface area (Å²) in [6, 6.07) is 18.5. The summed E-state index contributed by atoms with van der Waals surface area (Å²) >= 11 is 0. The molecule has 0 aliphatic carbocycles. The van der Waals surface area contributed by atoms with Crippen LogP contribution >= 0.6 is 0 Å². The van der Waals surface area contributed by atoms with Gasteiger partial charge in [-0.1, -0.05) is 24.3 Å². The molecule has 1 fully saturated rings. The van der Waals surface area contributed by atoms with Crippen LogP contribution in [0.15, 0.2) is 77.7 Å². The van der Waals surface area contributed by atoms with Crippen molar-refractivity contribution in [1.82, 2.24) is 10.2 Å². The number of ether oxygens (including phenoxy) is 1. The lowest BCUT2D eigenvalue weighted by Gasteiger charge is -2.29. The average molecular weight is 498 g/mol. The quantitative estimate of drug-likeness (QED) is 0.463. The highest BCUT2D eigenvalue weighted by atomic mass is 32.2. The van der Waals surface area contributed by atoms with Gasteiger partial charge in [0.15, 0.2) is 0 Å². The first-order chi connectivity index (χ1) is 16.9. The molecule has 0 unspecified atom stereocenters. The average Bonchev–Trinajstić information content (AvgIpc) is 3.40. The molecule has 0 saturated carbocycles. The van der Waals surface area contributed by atoms with Crippen molar-refractivity contribution in [1.29, 1.82) is 0 Å². The summed E-state index contributed by atoms with van der Waals surface area (Å²) in [6.07, 6.45) is 2.20. The second kappa shape index (κ2) is 10.9. The van der Waals surface area contributed by atoms with Crippen molar-refractivity contribution in [3.05, 3.63) is 89.7 Å². The third-order valence-electron chi connectivity index (χ3n) is 6.04. The monoisotopic (exact) mass is 497 g/mol. The van der Waals surface area contributed by atoms with Crippen molar-refractivity contribution in [3.63, 3.8) is 0 Å². The fourth-order valence-corrected chi connectivity index (χ4v) is 5.36. The molecule has 3 aromatic carbocycles. The van der Waals surface area contributed by atoms with E-state index in [4.69, 9.17) is 4.74 Å². The number of para-hydroxylation sites is 1. The number of anilines is 1. The molecule has 1 aliphatic heterocycles. The van der Waals surface area contributed by atoms with Crippen LogP contribution in [-0.2, 0) is 10.0 Å². The van der Waals surface area contributed by atoms with E-state index in [1.54, 1.807) is 13.2 Å². The van der Waals surface area contributed by atoms with Crippen molar-refractivity contribution >= 4 is 21.6 Å². The highest BCUT2D eigenvalue weighted by Crippen LogP contribution is 2.31. The van der Waals surface area contributed by atoms with Gasteiger partial charge in [0, 0.05) is 23.4 Å². The number of sulfonamides is 1. The Morgan fingerprint density at radius 1 is 1.03 bits per heavy atom. The van der Waals surface area contributed by atoms with Crippen LogP contribution in [-0.4, -0.2) is 46.0 Å². The van der Waals surface area contributed by atoms with E-state index >= 15 is 0 Å². The first-order valence-electron chi connectivity index (χ1n) is 11.4. The number of hydrogen-bond donors (Lipinski definition) is 2. The van der Waals surface area contributed by atoms with E-state index in [2.05, 4.69) is 14.9 Å². The summed E-state index contributed by atoms with van der Waals surface area (Å²) in [5.74, 6) is -0.0755. The van der Waals surface area contributed by atoms with Gasteiger partial charge in [-0.2, -0.15) is 0 Å². The molecule has 184 valence electrons. The molecule has 1 heterocycles. The van der Waals surface area contributed by atoms with E-state index in [1.807, 2.05) is 24.3 Å². The van der Waals surface area contributed by atoms with Crippen molar-refractivity contribution < 1.29 is 22.3 Å². The van der Waals surface area contributed by atoms with Crippen LogP contribution in [0, 0.1) is 5.82 Å². The number of halogens is 1. The number of likely N-dealkylation sites (tertiary alicyclic amines) is 1. The maximum Gasteiger partial charge on any atom is 0.261 e. The standard InChI is InChI=1S/C26H28FN3O4S/c1-34-25-10-3-2-9-23(25)24(30-15-4-5-16-30)18-28-26(31)19-7-6-8-22(17-19)35(32,33)29-21-13-11-20(27)12-14-21/h2-3,6-14,17,24,29H,4-5,15-16,18H2,1H3,(H,28,31)/t24-/m1/s1. The lowest BCUT2D eigenvalue weighted by atomic mass is 10.0. The lowest BCUT2D eigenvalue weighted by Crippen LogP contribution is -2.37. The second-order valence-corrected chi connectivity index (χ2v) is 10.0. The second-order valence-electron chi connectivity index (χ2n) is 8.35. The zero-order valence-corrected chi connectivity index (χ0v) is 20.2. The number of nitrogens with one attached hydrogen (secondary N) is 2. The van der Waals surface area contributed by atoms with Gasteiger partial charge in [-0.3, -0.25) is 14.4 Å². The number of hydrogen-bond acceptors (Lipinski definition) is 5. The Labute approximate surface area is 205 Å². The van der Waals surface area contributed by atoms with E-state index in [0.29, 0.717) is 6.54 Å². The maximum atomic E-state index is 13.1. The minimum atomic E-state index is -3.96. The Morgan fingerprint density at radius 3 is 2.46 bits per heavy atom. The molecule has 0 spiro atoms. The zero-order chi connectivity index (χ0) is 24.8. The minimum Gasteiger partial charge on any atom is -0.496 e. The van der Waals surface area contributed by atoms with E-state index in [1.165, 1.54) is 42.5 Å². The molecule has 3 aromatic rings. The Morgan fingerprint density at radius 2 is 1.74 bits per heavy atom. The van der Waals surface area contributed by atoms with Crippen molar-refractivity contribution in [2.75, 3.05) is 31.5 Å². The number of carbonyl (C=O) groups excluding carboxylic acids is 1. The van der Waals surface area contributed by atoms with Crippen molar-refractivity contribution in [3.8, 4) is 5.75 Å². The molecule has 0 aromatic heterocycles. The third kappa shape index (κ3) is 5.98. The lowest BCUT2D eigenvalue weighted by molar-refractivity contribution is 0.0937. The van der Waals surface area contributed by atoms with E-state index in [9.17, 15) is 17.6 Å². The maximum absolute atomic E-state index is 13.1. The van der Waals surface area contributed by atoms with Gasteiger partial charge in [-0.15, -0.1) is 0 Å². The molecular formula is C26H28FN3O4S. The van der Waals surface area contributed by atoms with Gasteiger partial charge in [0.05, 0.1) is 18.0 Å². The summed E-state index contributed by atoms with van der Waals surface area (Å²) in [7, 11) is -2.33. The van der Waals surface area contributed by atoms with E-state index in [0.717, 1.165) is 37.2 Å². The summed E-state index contributed by atoms with van der Waals surface area (Å²) in [4.78, 5) is 15.3. The summed E-state index contributed by atoms with van der Waals surface area (Å²) in [5.41, 5.74) is 1.45. The SMILES string of the molecule is COc1ccccc1[C@@H](CNC(=O)c1cccc(S(=O)(=O)Nc2ccc(F)cc2)c1)N1CCCC1. The molecule has 0 radical (unpaired) electrons. The molecule has 1 saturated heterocycles. The molecule has 1 aliphatic rings. The minimum absolute atomic E-state index is 0.0599. The largest absolute Gasteiger partial charge is 0.496 e. The molecule has 0 bridgehead atoms. The number of nitrogens with zero attached hydrogens (tertiary/aromatic N) is 1. The fraction of sp³-hybridized carbons (Fsp3) is 0.269.